The summed E-state index contributed by atoms with van der Waals surface area (Å²) < 4.78 is 1.73. The van der Waals surface area contributed by atoms with E-state index in [-0.39, 0.29) is 11.8 Å². The zero-order valence-electron chi connectivity index (χ0n) is 11.7. The number of hydrazine groups is 1. The van der Waals surface area contributed by atoms with Gasteiger partial charge in [-0.25, -0.2) is 0 Å². The molecule has 0 aliphatic rings. The first-order valence-electron chi connectivity index (χ1n) is 6.10. The van der Waals surface area contributed by atoms with Crippen LogP contribution in [0, 0.1) is 13.8 Å². The quantitative estimate of drug-likeness (QED) is 0.365. The van der Waals surface area contributed by atoms with Crippen molar-refractivity contribution in [1.82, 2.24) is 10.9 Å². The Labute approximate surface area is 132 Å². The first-order chi connectivity index (χ1) is 9.49. The van der Waals surface area contributed by atoms with E-state index < -0.39 is 0 Å². The average Bonchev–Trinajstić information content (AvgIpc) is 2.44. The van der Waals surface area contributed by atoms with Gasteiger partial charge in [0, 0.05) is 11.1 Å². The Hall–Kier alpha value is -1.63. The molecule has 0 fully saturated rings. The van der Waals surface area contributed by atoms with Gasteiger partial charge in [0.25, 0.3) is 11.8 Å². The SMILES string of the molecule is C/C=C(\C=C/I)C(=O)NNC(=O)c1ccc(C)c(C)c1. The summed E-state index contributed by atoms with van der Waals surface area (Å²) in [6, 6.07) is 5.39. The van der Waals surface area contributed by atoms with Crippen molar-refractivity contribution in [2.45, 2.75) is 20.8 Å². The van der Waals surface area contributed by atoms with Crippen LogP contribution in [0.5, 0.6) is 0 Å². The fourth-order valence-corrected chi connectivity index (χ4v) is 1.90. The van der Waals surface area contributed by atoms with Crippen LogP contribution in [0.25, 0.3) is 0 Å². The van der Waals surface area contributed by atoms with E-state index in [2.05, 4.69) is 10.9 Å². The lowest BCUT2D eigenvalue weighted by atomic mass is 10.1. The van der Waals surface area contributed by atoms with E-state index >= 15 is 0 Å². The Morgan fingerprint density at radius 2 is 1.85 bits per heavy atom. The summed E-state index contributed by atoms with van der Waals surface area (Å²) >= 11 is 2.03. The standard InChI is InChI=1S/C15H17IN2O2/c1-4-12(7-8-16)14(19)17-18-15(20)13-6-5-10(2)11(3)9-13/h4-9H,1-3H3,(H,17,19)(H,18,20)/b8-7-,12-4+. The molecule has 0 aliphatic heterocycles. The second kappa shape index (κ2) is 7.84. The number of halogens is 1. The minimum atomic E-state index is -0.349. The Morgan fingerprint density at radius 1 is 1.15 bits per heavy atom. The molecule has 0 bridgehead atoms. The summed E-state index contributed by atoms with van der Waals surface area (Å²) in [7, 11) is 0. The molecule has 1 aromatic rings. The van der Waals surface area contributed by atoms with Crippen LogP contribution in [-0.4, -0.2) is 11.8 Å². The minimum absolute atomic E-state index is 0.338. The number of amides is 2. The molecule has 0 radical (unpaired) electrons. The number of benzene rings is 1. The first-order valence-corrected chi connectivity index (χ1v) is 7.35. The maximum absolute atomic E-state index is 11.9. The summed E-state index contributed by atoms with van der Waals surface area (Å²) in [6.07, 6.45) is 3.34. The molecule has 0 unspecified atom stereocenters. The highest BCUT2D eigenvalue weighted by atomic mass is 127. The number of carbonyl (C=O) groups is 2. The van der Waals surface area contributed by atoms with Crippen LogP contribution in [0.2, 0.25) is 0 Å². The highest BCUT2D eigenvalue weighted by Gasteiger charge is 2.09. The molecule has 2 N–H and O–H groups in total. The van der Waals surface area contributed by atoms with Gasteiger partial charge in [-0.1, -0.05) is 34.7 Å². The van der Waals surface area contributed by atoms with E-state index in [1.54, 1.807) is 35.3 Å². The van der Waals surface area contributed by atoms with Crippen LogP contribution in [0.1, 0.15) is 28.4 Å². The summed E-state index contributed by atoms with van der Waals surface area (Å²) in [5, 5.41) is 0. The van der Waals surface area contributed by atoms with Gasteiger partial charge in [-0.15, -0.1) is 0 Å². The Morgan fingerprint density at radius 3 is 2.40 bits per heavy atom. The number of hydrogen-bond donors (Lipinski definition) is 2. The summed E-state index contributed by atoms with van der Waals surface area (Å²) in [4.78, 5) is 23.7. The lowest BCUT2D eigenvalue weighted by Gasteiger charge is -2.09. The minimum Gasteiger partial charge on any atom is -0.267 e. The number of rotatable bonds is 3. The third kappa shape index (κ3) is 4.48. The zero-order chi connectivity index (χ0) is 15.1. The Bertz CT molecular complexity index is 577. The lowest BCUT2D eigenvalue weighted by Crippen LogP contribution is -2.42. The van der Waals surface area contributed by atoms with Gasteiger partial charge in [0.1, 0.15) is 0 Å². The van der Waals surface area contributed by atoms with E-state index in [0.717, 1.165) is 11.1 Å². The van der Waals surface area contributed by atoms with Gasteiger partial charge >= 0.3 is 0 Å². The van der Waals surface area contributed by atoms with Crippen molar-refractivity contribution in [3.8, 4) is 0 Å². The molecule has 0 saturated carbocycles. The number of hydrogen-bond acceptors (Lipinski definition) is 2. The van der Waals surface area contributed by atoms with Crippen molar-refractivity contribution in [2.75, 3.05) is 0 Å². The second-order valence-electron chi connectivity index (χ2n) is 4.24. The second-order valence-corrected chi connectivity index (χ2v) is 4.96. The molecule has 0 aromatic heterocycles. The highest BCUT2D eigenvalue weighted by molar-refractivity contribution is 14.1. The van der Waals surface area contributed by atoms with Crippen molar-refractivity contribution in [3.63, 3.8) is 0 Å². The molecule has 20 heavy (non-hydrogen) atoms. The summed E-state index contributed by atoms with van der Waals surface area (Å²) in [6.45, 7) is 5.68. The molecule has 0 aliphatic carbocycles. The largest absolute Gasteiger partial charge is 0.269 e. The van der Waals surface area contributed by atoms with E-state index in [4.69, 9.17) is 0 Å². The van der Waals surface area contributed by atoms with E-state index in [1.165, 1.54) is 0 Å². The van der Waals surface area contributed by atoms with Crippen molar-refractivity contribution in [2.24, 2.45) is 0 Å². The molecule has 4 nitrogen and oxygen atoms in total. The summed E-state index contributed by atoms with van der Waals surface area (Å²) in [5.74, 6) is -0.687. The third-order valence-electron chi connectivity index (χ3n) is 2.87. The van der Waals surface area contributed by atoms with E-state index in [0.29, 0.717) is 11.1 Å². The molecule has 1 rings (SSSR count). The molecule has 1 aromatic carbocycles. The number of nitrogens with one attached hydrogen (secondary N) is 2. The number of carbonyl (C=O) groups excluding carboxylic acids is 2. The van der Waals surface area contributed by atoms with Crippen molar-refractivity contribution in [3.05, 3.63) is 56.7 Å². The van der Waals surface area contributed by atoms with Crippen LogP contribution in [-0.2, 0) is 4.79 Å². The summed E-state index contributed by atoms with van der Waals surface area (Å²) in [5.41, 5.74) is 7.94. The average molecular weight is 384 g/mol. The fourth-order valence-electron chi connectivity index (χ4n) is 1.51. The molecule has 0 saturated heterocycles. The van der Waals surface area contributed by atoms with Gasteiger partial charge in [0.2, 0.25) is 0 Å². The topological polar surface area (TPSA) is 58.2 Å². The number of allylic oxidation sites excluding steroid dienone is 1. The highest BCUT2D eigenvalue weighted by Crippen LogP contribution is 2.09. The molecule has 0 spiro atoms. The molecular formula is C15H17IN2O2. The lowest BCUT2D eigenvalue weighted by molar-refractivity contribution is -0.117. The predicted octanol–water partition coefficient (Wildman–Crippen LogP) is 2.96. The fraction of sp³-hybridized carbons (Fsp3) is 0.200. The normalized spacial score (nSPS) is 11.5. The monoisotopic (exact) mass is 384 g/mol. The molecule has 106 valence electrons. The van der Waals surface area contributed by atoms with Gasteiger partial charge in [0.15, 0.2) is 0 Å². The van der Waals surface area contributed by atoms with Crippen LogP contribution < -0.4 is 10.9 Å². The van der Waals surface area contributed by atoms with Gasteiger partial charge in [-0.2, -0.15) is 0 Å². The number of aryl methyl sites for hydroxylation is 2. The van der Waals surface area contributed by atoms with Crippen LogP contribution in [0.15, 0.2) is 40.0 Å². The van der Waals surface area contributed by atoms with Gasteiger partial charge in [-0.05, 0) is 54.2 Å². The maximum atomic E-state index is 11.9. The molecule has 0 atom stereocenters. The van der Waals surface area contributed by atoms with E-state index in [1.807, 2.05) is 42.5 Å². The molecule has 5 heteroatoms. The van der Waals surface area contributed by atoms with Crippen LogP contribution in [0.3, 0.4) is 0 Å². The van der Waals surface area contributed by atoms with Crippen LogP contribution >= 0.6 is 22.6 Å². The van der Waals surface area contributed by atoms with Gasteiger partial charge < -0.3 is 0 Å². The van der Waals surface area contributed by atoms with Crippen molar-refractivity contribution in [1.29, 1.82) is 0 Å². The van der Waals surface area contributed by atoms with Crippen LogP contribution in [0.4, 0.5) is 0 Å². The van der Waals surface area contributed by atoms with Crippen molar-refractivity contribution >= 4 is 34.4 Å². The predicted molar refractivity (Wildman–Crippen MR) is 88.4 cm³/mol. The zero-order valence-corrected chi connectivity index (χ0v) is 13.8. The Kier molecular flexibility index (Phi) is 6.44. The smallest absolute Gasteiger partial charge is 0.267 e. The third-order valence-corrected chi connectivity index (χ3v) is 3.23. The maximum Gasteiger partial charge on any atom is 0.269 e. The van der Waals surface area contributed by atoms with Gasteiger partial charge in [-0.3, -0.25) is 20.4 Å². The Balaban J connectivity index is 2.68. The van der Waals surface area contributed by atoms with Crippen molar-refractivity contribution < 1.29 is 9.59 Å². The molecule has 2 amide bonds. The molecular weight excluding hydrogens is 367 g/mol. The van der Waals surface area contributed by atoms with E-state index in [9.17, 15) is 9.59 Å². The molecule has 0 heterocycles. The first kappa shape index (κ1) is 16.4. The van der Waals surface area contributed by atoms with Gasteiger partial charge in [0.05, 0.1) is 0 Å².